The summed E-state index contributed by atoms with van der Waals surface area (Å²) in [7, 11) is 0. The average molecular weight is 239 g/mol. The first-order valence-corrected chi connectivity index (χ1v) is 5.03. The van der Waals surface area contributed by atoms with E-state index in [0.717, 1.165) is 4.73 Å². The van der Waals surface area contributed by atoms with E-state index < -0.39 is 17.5 Å². The zero-order valence-corrected chi connectivity index (χ0v) is 9.63. The number of hydrogen-bond donors (Lipinski definition) is 0. The van der Waals surface area contributed by atoms with Gasteiger partial charge in [0, 0.05) is 32.0 Å². The highest BCUT2D eigenvalue weighted by molar-refractivity contribution is 5.66. The SMILES string of the molecule is CC(=O)OCCc1cccn(OC(C)=O)c1=O. The fourth-order valence-electron chi connectivity index (χ4n) is 1.22. The maximum absolute atomic E-state index is 11.7. The van der Waals surface area contributed by atoms with Crippen LogP contribution >= 0.6 is 0 Å². The topological polar surface area (TPSA) is 74.6 Å². The minimum Gasteiger partial charge on any atom is -0.466 e. The molecule has 92 valence electrons. The van der Waals surface area contributed by atoms with E-state index in [1.165, 1.54) is 20.0 Å². The summed E-state index contributed by atoms with van der Waals surface area (Å²) >= 11 is 0. The molecule has 0 radical (unpaired) electrons. The van der Waals surface area contributed by atoms with Crippen molar-refractivity contribution in [3.05, 3.63) is 34.2 Å². The summed E-state index contributed by atoms with van der Waals surface area (Å²) in [6.45, 7) is 2.62. The number of aromatic nitrogens is 1. The van der Waals surface area contributed by atoms with Gasteiger partial charge in [-0.05, 0) is 6.07 Å². The van der Waals surface area contributed by atoms with E-state index in [-0.39, 0.29) is 13.0 Å². The van der Waals surface area contributed by atoms with Crippen molar-refractivity contribution >= 4 is 11.9 Å². The lowest BCUT2D eigenvalue weighted by molar-refractivity contribution is -0.142. The average Bonchev–Trinajstić information content (AvgIpc) is 2.22. The molecule has 0 aliphatic rings. The van der Waals surface area contributed by atoms with E-state index in [1.54, 1.807) is 12.1 Å². The second-order valence-corrected chi connectivity index (χ2v) is 3.34. The molecule has 6 nitrogen and oxygen atoms in total. The molecule has 0 unspecified atom stereocenters. The van der Waals surface area contributed by atoms with Gasteiger partial charge in [0.1, 0.15) is 0 Å². The molecular weight excluding hydrogens is 226 g/mol. The van der Waals surface area contributed by atoms with Gasteiger partial charge >= 0.3 is 11.9 Å². The molecule has 0 atom stereocenters. The molecule has 0 fully saturated rings. The van der Waals surface area contributed by atoms with E-state index >= 15 is 0 Å². The summed E-state index contributed by atoms with van der Waals surface area (Å²) < 4.78 is 5.58. The number of ether oxygens (including phenoxy) is 1. The third-order valence-electron chi connectivity index (χ3n) is 1.90. The van der Waals surface area contributed by atoms with Crippen molar-refractivity contribution in [2.75, 3.05) is 6.61 Å². The number of hydrogen-bond acceptors (Lipinski definition) is 5. The van der Waals surface area contributed by atoms with Crippen LogP contribution in [0, 0.1) is 0 Å². The van der Waals surface area contributed by atoms with E-state index in [2.05, 4.69) is 4.84 Å². The zero-order chi connectivity index (χ0) is 12.8. The summed E-state index contributed by atoms with van der Waals surface area (Å²) in [5.41, 5.74) is -0.0233. The molecule has 1 aromatic heterocycles. The molecule has 1 aromatic rings. The Bertz CT molecular complexity index is 477. The number of carbonyl (C=O) groups is 2. The van der Waals surface area contributed by atoms with Gasteiger partial charge in [-0.3, -0.25) is 9.59 Å². The van der Waals surface area contributed by atoms with Crippen molar-refractivity contribution < 1.29 is 19.2 Å². The summed E-state index contributed by atoms with van der Waals surface area (Å²) in [5, 5.41) is 0. The van der Waals surface area contributed by atoms with Crippen molar-refractivity contribution in [1.29, 1.82) is 0 Å². The van der Waals surface area contributed by atoms with Gasteiger partial charge in [-0.15, -0.1) is 4.73 Å². The summed E-state index contributed by atoms with van der Waals surface area (Å²) in [4.78, 5) is 37.7. The molecule has 0 aromatic carbocycles. The summed E-state index contributed by atoms with van der Waals surface area (Å²) in [6.07, 6.45) is 1.62. The predicted octanol–water partition coefficient (Wildman–Crippen LogP) is -0.0710. The molecule has 0 saturated heterocycles. The fourth-order valence-corrected chi connectivity index (χ4v) is 1.22. The lowest BCUT2D eigenvalue weighted by Gasteiger charge is -2.06. The van der Waals surface area contributed by atoms with Crippen molar-refractivity contribution in [3.63, 3.8) is 0 Å². The van der Waals surface area contributed by atoms with Gasteiger partial charge in [-0.2, -0.15) is 0 Å². The van der Waals surface area contributed by atoms with E-state index in [0.29, 0.717) is 5.56 Å². The Balaban J connectivity index is 2.76. The minimum absolute atomic E-state index is 0.120. The maximum atomic E-state index is 11.7. The molecule has 0 saturated carbocycles. The molecule has 0 bridgehead atoms. The Kier molecular flexibility index (Phi) is 4.45. The molecule has 0 aliphatic carbocycles. The molecule has 0 aliphatic heterocycles. The number of pyridine rings is 1. The maximum Gasteiger partial charge on any atom is 0.330 e. The Morgan fingerprint density at radius 3 is 2.59 bits per heavy atom. The molecule has 6 heteroatoms. The van der Waals surface area contributed by atoms with Crippen LogP contribution in [0.5, 0.6) is 0 Å². The van der Waals surface area contributed by atoms with E-state index in [4.69, 9.17) is 4.74 Å². The van der Waals surface area contributed by atoms with Crippen LogP contribution in [0.2, 0.25) is 0 Å². The highest BCUT2D eigenvalue weighted by Gasteiger charge is 2.06. The molecule has 17 heavy (non-hydrogen) atoms. The van der Waals surface area contributed by atoms with Gasteiger partial charge in [0.2, 0.25) is 0 Å². The minimum atomic E-state index is -0.579. The standard InChI is InChI=1S/C11H13NO5/c1-8(13)16-7-5-10-4-3-6-12(11(10)15)17-9(2)14/h3-4,6H,5,7H2,1-2H3. The van der Waals surface area contributed by atoms with Crippen LogP contribution in [0.15, 0.2) is 23.1 Å². The highest BCUT2D eigenvalue weighted by Crippen LogP contribution is 1.94. The lowest BCUT2D eigenvalue weighted by Crippen LogP contribution is -2.31. The Hall–Kier alpha value is -2.11. The number of nitrogens with zero attached hydrogens (tertiary/aromatic N) is 1. The Morgan fingerprint density at radius 1 is 1.29 bits per heavy atom. The van der Waals surface area contributed by atoms with Gasteiger partial charge in [-0.1, -0.05) is 6.07 Å². The third-order valence-corrected chi connectivity index (χ3v) is 1.90. The van der Waals surface area contributed by atoms with Gasteiger partial charge in [0.05, 0.1) is 6.61 Å². The fraction of sp³-hybridized carbons (Fsp3) is 0.364. The molecule has 0 N–H and O–H groups in total. The third kappa shape index (κ3) is 4.10. The zero-order valence-electron chi connectivity index (χ0n) is 9.63. The van der Waals surface area contributed by atoms with Crippen LogP contribution < -0.4 is 10.4 Å². The molecular formula is C11H13NO5. The van der Waals surface area contributed by atoms with Crippen LogP contribution in [0.4, 0.5) is 0 Å². The Morgan fingerprint density at radius 2 is 2.00 bits per heavy atom. The van der Waals surface area contributed by atoms with E-state index in [1.807, 2.05) is 0 Å². The molecule has 0 amide bonds. The largest absolute Gasteiger partial charge is 0.466 e. The summed E-state index contributed by atoms with van der Waals surface area (Å²) in [5.74, 6) is -0.981. The van der Waals surface area contributed by atoms with Crippen LogP contribution in [-0.4, -0.2) is 23.3 Å². The van der Waals surface area contributed by atoms with Crippen LogP contribution in [-0.2, 0) is 20.7 Å². The molecule has 0 spiro atoms. The summed E-state index contributed by atoms with van der Waals surface area (Å²) in [6, 6.07) is 3.17. The van der Waals surface area contributed by atoms with Crippen LogP contribution in [0.3, 0.4) is 0 Å². The van der Waals surface area contributed by atoms with Gasteiger partial charge in [0.25, 0.3) is 5.56 Å². The monoisotopic (exact) mass is 239 g/mol. The van der Waals surface area contributed by atoms with Crippen molar-refractivity contribution in [1.82, 2.24) is 4.73 Å². The van der Waals surface area contributed by atoms with Crippen molar-refractivity contribution in [3.8, 4) is 0 Å². The molecule has 1 heterocycles. The quantitative estimate of drug-likeness (QED) is 0.687. The number of rotatable bonds is 4. The Labute approximate surface area is 97.7 Å². The van der Waals surface area contributed by atoms with Gasteiger partial charge in [0.15, 0.2) is 0 Å². The van der Waals surface area contributed by atoms with Gasteiger partial charge < -0.3 is 9.57 Å². The van der Waals surface area contributed by atoms with Crippen LogP contribution in [0.25, 0.3) is 0 Å². The second-order valence-electron chi connectivity index (χ2n) is 3.34. The number of esters is 1. The first-order chi connectivity index (χ1) is 8.00. The predicted molar refractivity (Wildman–Crippen MR) is 58.3 cm³/mol. The van der Waals surface area contributed by atoms with Crippen molar-refractivity contribution in [2.24, 2.45) is 0 Å². The van der Waals surface area contributed by atoms with Crippen LogP contribution in [0.1, 0.15) is 19.4 Å². The highest BCUT2D eigenvalue weighted by atomic mass is 16.7. The lowest BCUT2D eigenvalue weighted by atomic mass is 10.2. The van der Waals surface area contributed by atoms with Gasteiger partial charge in [-0.25, -0.2) is 4.79 Å². The smallest absolute Gasteiger partial charge is 0.330 e. The first kappa shape index (κ1) is 13.0. The normalized spacial score (nSPS) is 9.76. The first-order valence-electron chi connectivity index (χ1n) is 5.03. The second kappa shape index (κ2) is 5.83. The number of carbonyl (C=O) groups excluding carboxylic acids is 2. The van der Waals surface area contributed by atoms with Crippen molar-refractivity contribution in [2.45, 2.75) is 20.3 Å². The van der Waals surface area contributed by atoms with E-state index in [9.17, 15) is 14.4 Å². The molecule has 1 rings (SSSR count).